The number of nitrogens with zero attached hydrogens (tertiary/aromatic N) is 3. The second-order valence-corrected chi connectivity index (χ2v) is 11.9. The standard InChI is InChI=1S/C28H37N4O9P/c1-2-3-14-40-28(35)32-12-10-31(11-13-32)27(34)25(19-42(36,37)38)30-26(33)24-17-22(41-21-9-15-39-18-21)16-23(29-24)20-7-5-4-6-8-20/h4-8,16-17,21,25H,2-3,9-15,18-19H2,1H3,(H,30,33)(H2,36,37,38). The lowest BCUT2D eigenvalue weighted by Crippen LogP contribution is -2.56. The van der Waals surface area contributed by atoms with Gasteiger partial charge in [0.25, 0.3) is 5.91 Å². The van der Waals surface area contributed by atoms with Gasteiger partial charge in [-0.3, -0.25) is 14.2 Å². The summed E-state index contributed by atoms with van der Waals surface area (Å²) in [6.07, 6.45) is 0.767. The van der Waals surface area contributed by atoms with Crippen molar-refractivity contribution in [1.29, 1.82) is 0 Å². The quantitative estimate of drug-likeness (QED) is 0.256. The van der Waals surface area contributed by atoms with E-state index < -0.39 is 37.7 Å². The van der Waals surface area contributed by atoms with Crippen LogP contribution in [0.5, 0.6) is 5.75 Å². The number of amides is 3. The van der Waals surface area contributed by atoms with Crippen molar-refractivity contribution < 1.29 is 42.9 Å². The van der Waals surface area contributed by atoms with Crippen LogP contribution in [0, 0.1) is 0 Å². The Kier molecular flexibility index (Phi) is 10.9. The highest BCUT2D eigenvalue weighted by molar-refractivity contribution is 7.51. The third kappa shape index (κ3) is 8.99. The van der Waals surface area contributed by atoms with Crippen molar-refractivity contribution in [3.8, 4) is 17.0 Å². The zero-order valence-corrected chi connectivity index (χ0v) is 24.4. The number of carbonyl (C=O) groups excluding carboxylic acids is 3. The summed E-state index contributed by atoms with van der Waals surface area (Å²) in [5.74, 6) is -1.07. The molecule has 4 rings (SSSR count). The molecule has 2 unspecified atom stereocenters. The van der Waals surface area contributed by atoms with Gasteiger partial charge in [0.1, 0.15) is 23.6 Å². The van der Waals surface area contributed by atoms with Crippen molar-refractivity contribution >= 4 is 25.5 Å². The normalized spacial score (nSPS) is 17.9. The first-order chi connectivity index (χ1) is 20.1. The number of piperazine rings is 1. The molecule has 0 radical (unpaired) electrons. The summed E-state index contributed by atoms with van der Waals surface area (Å²) >= 11 is 0. The van der Waals surface area contributed by atoms with Gasteiger partial charge in [-0.05, 0) is 6.42 Å². The van der Waals surface area contributed by atoms with Crippen LogP contribution in [-0.4, -0.2) is 107 Å². The van der Waals surface area contributed by atoms with E-state index in [1.54, 1.807) is 6.07 Å². The summed E-state index contributed by atoms with van der Waals surface area (Å²) in [6, 6.07) is 10.8. The van der Waals surface area contributed by atoms with Crippen molar-refractivity contribution in [2.24, 2.45) is 0 Å². The van der Waals surface area contributed by atoms with Crippen molar-refractivity contribution in [2.45, 2.75) is 38.3 Å². The van der Waals surface area contributed by atoms with E-state index in [1.165, 1.54) is 15.9 Å². The molecule has 0 aliphatic carbocycles. The molecule has 13 nitrogen and oxygen atoms in total. The lowest BCUT2D eigenvalue weighted by molar-refractivity contribution is -0.134. The molecule has 2 fully saturated rings. The average molecular weight is 605 g/mol. The SMILES string of the molecule is CCCCOC(=O)N1CCN(C(=O)C(CP(=O)(O)O)NC(=O)c2cc(OC3CCOC3)cc(-c3ccccc3)n2)CC1. The second-order valence-electron chi connectivity index (χ2n) is 10.2. The fraction of sp³-hybridized carbons (Fsp3) is 0.500. The van der Waals surface area contributed by atoms with E-state index in [9.17, 15) is 28.7 Å². The minimum Gasteiger partial charge on any atom is -0.488 e. The molecule has 2 aliphatic heterocycles. The maximum atomic E-state index is 13.4. The Bertz CT molecular complexity index is 1280. The van der Waals surface area contributed by atoms with E-state index in [-0.39, 0.29) is 38.0 Å². The highest BCUT2D eigenvalue weighted by atomic mass is 31.2. The third-order valence-corrected chi connectivity index (χ3v) is 7.73. The molecule has 42 heavy (non-hydrogen) atoms. The third-order valence-electron chi connectivity index (χ3n) is 6.89. The first kappa shape index (κ1) is 31.4. The monoisotopic (exact) mass is 604 g/mol. The molecule has 1 aromatic heterocycles. The van der Waals surface area contributed by atoms with E-state index in [1.807, 2.05) is 37.3 Å². The van der Waals surface area contributed by atoms with E-state index >= 15 is 0 Å². The molecule has 3 amide bonds. The summed E-state index contributed by atoms with van der Waals surface area (Å²) in [6.45, 7) is 3.91. The number of rotatable bonds is 11. The highest BCUT2D eigenvalue weighted by Crippen LogP contribution is 2.35. The van der Waals surface area contributed by atoms with Crippen molar-refractivity contribution in [1.82, 2.24) is 20.1 Å². The van der Waals surface area contributed by atoms with Crippen molar-refractivity contribution in [3.63, 3.8) is 0 Å². The molecule has 2 aromatic rings. The number of ether oxygens (including phenoxy) is 3. The van der Waals surface area contributed by atoms with Crippen LogP contribution in [0.25, 0.3) is 11.3 Å². The van der Waals surface area contributed by atoms with Gasteiger partial charge >= 0.3 is 13.7 Å². The van der Waals surface area contributed by atoms with Gasteiger partial charge in [0.05, 0.1) is 31.7 Å². The van der Waals surface area contributed by atoms with Gasteiger partial charge in [-0.15, -0.1) is 0 Å². The number of nitrogens with one attached hydrogen (secondary N) is 1. The first-order valence-electron chi connectivity index (χ1n) is 14.0. The van der Waals surface area contributed by atoms with Crippen LogP contribution >= 0.6 is 7.60 Å². The van der Waals surface area contributed by atoms with Gasteiger partial charge < -0.3 is 39.1 Å². The molecule has 1 aromatic carbocycles. The molecule has 14 heteroatoms. The topological polar surface area (TPSA) is 168 Å². The molecule has 228 valence electrons. The Morgan fingerprint density at radius 2 is 1.83 bits per heavy atom. The fourth-order valence-corrected chi connectivity index (χ4v) is 5.35. The van der Waals surface area contributed by atoms with Crippen molar-refractivity contribution in [2.75, 3.05) is 52.2 Å². The van der Waals surface area contributed by atoms with Crippen LogP contribution in [-0.2, 0) is 18.8 Å². The lowest BCUT2D eigenvalue weighted by Gasteiger charge is -2.36. The maximum absolute atomic E-state index is 13.4. The first-order valence-corrected chi connectivity index (χ1v) is 15.8. The minimum atomic E-state index is -4.71. The fourth-order valence-electron chi connectivity index (χ4n) is 4.63. The van der Waals surface area contributed by atoms with Crippen LogP contribution in [0.3, 0.4) is 0 Å². The zero-order valence-electron chi connectivity index (χ0n) is 23.5. The average Bonchev–Trinajstić information content (AvgIpc) is 3.49. The van der Waals surface area contributed by atoms with E-state index in [2.05, 4.69) is 10.3 Å². The van der Waals surface area contributed by atoms with Gasteiger partial charge in [0, 0.05) is 50.3 Å². The number of hydrogen-bond donors (Lipinski definition) is 3. The van der Waals surface area contributed by atoms with Crippen LogP contribution in [0.2, 0.25) is 0 Å². The molecule has 2 saturated heterocycles. The predicted octanol–water partition coefficient (Wildman–Crippen LogP) is 2.27. The Hall–Kier alpha value is -3.51. The van der Waals surface area contributed by atoms with E-state index in [0.29, 0.717) is 37.7 Å². The Balaban J connectivity index is 1.49. The van der Waals surface area contributed by atoms with E-state index in [4.69, 9.17) is 14.2 Å². The molecule has 0 bridgehead atoms. The molecular weight excluding hydrogens is 567 g/mol. The second kappa shape index (κ2) is 14.6. The van der Waals surface area contributed by atoms with Gasteiger partial charge in [-0.25, -0.2) is 9.78 Å². The number of benzene rings is 1. The number of carbonyl (C=O) groups is 3. The van der Waals surface area contributed by atoms with Crippen LogP contribution in [0.4, 0.5) is 4.79 Å². The van der Waals surface area contributed by atoms with Crippen LogP contribution in [0.1, 0.15) is 36.7 Å². The van der Waals surface area contributed by atoms with Gasteiger partial charge in [0.15, 0.2) is 0 Å². The number of hydrogen-bond acceptors (Lipinski definition) is 8. The molecule has 3 heterocycles. The summed E-state index contributed by atoms with van der Waals surface area (Å²) in [7, 11) is -4.71. The van der Waals surface area contributed by atoms with Crippen molar-refractivity contribution in [3.05, 3.63) is 48.2 Å². The Labute approximate surface area is 244 Å². The molecule has 2 atom stereocenters. The molecular formula is C28H37N4O9P. The lowest BCUT2D eigenvalue weighted by atomic mass is 10.1. The molecule has 3 N–H and O–H groups in total. The smallest absolute Gasteiger partial charge is 0.409 e. The summed E-state index contributed by atoms with van der Waals surface area (Å²) < 4.78 is 28.6. The zero-order chi connectivity index (χ0) is 30.1. The van der Waals surface area contributed by atoms with E-state index in [0.717, 1.165) is 18.4 Å². The minimum absolute atomic E-state index is 0.0755. The summed E-state index contributed by atoms with van der Waals surface area (Å²) in [5, 5.41) is 2.48. The summed E-state index contributed by atoms with van der Waals surface area (Å²) in [5.41, 5.74) is 1.11. The largest absolute Gasteiger partial charge is 0.488 e. The van der Waals surface area contributed by atoms with Gasteiger partial charge in [-0.1, -0.05) is 43.7 Å². The summed E-state index contributed by atoms with van der Waals surface area (Å²) in [4.78, 5) is 65.8. The number of aromatic nitrogens is 1. The van der Waals surface area contributed by atoms with Gasteiger partial charge in [-0.2, -0.15) is 0 Å². The number of pyridine rings is 1. The predicted molar refractivity (Wildman–Crippen MR) is 152 cm³/mol. The van der Waals surface area contributed by atoms with Crippen LogP contribution < -0.4 is 10.1 Å². The molecule has 0 saturated carbocycles. The highest BCUT2D eigenvalue weighted by Gasteiger charge is 2.35. The molecule has 0 spiro atoms. The van der Waals surface area contributed by atoms with Crippen LogP contribution in [0.15, 0.2) is 42.5 Å². The number of unbranched alkanes of at least 4 members (excludes halogenated alkanes) is 1. The Morgan fingerprint density at radius 3 is 2.48 bits per heavy atom. The molecule has 2 aliphatic rings. The Morgan fingerprint density at radius 1 is 1.12 bits per heavy atom. The van der Waals surface area contributed by atoms with Gasteiger partial charge in [0.2, 0.25) is 5.91 Å². The maximum Gasteiger partial charge on any atom is 0.409 e.